The zero-order chi connectivity index (χ0) is 21.7. The maximum atomic E-state index is 12.8. The van der Waals surface area contributed by atoms with Gasteiger partial charge >= 0.3 is 0 Å². The van der Waals surface area contributed by atoms with Crippen molar-refractivity contribution in [2.24, 2.45) is 0 Å². The van der Waals surface area contributed by atoms with Gasteiger partial charge in [0, 0.05) is 44.8 Å². The van der Waals surface area contributed by atoms with E-state index in [9.17, 15) is 13.2 Å². The van der Waals surface area contributed by atoms with Crippen LogP contribution in [-0.4, -0.2) is 69.9 Å². The summed E-state index contributed by atoms with van der Waals surface area (Å²) in [7, 11) is -1.96. The van der Waals surface area contributed by atoms with E-state index in [0.717, 1.165) is 11.1 Å². The van der Waals surface area contributed by atoms with Crippen molar-refractivity contribution in [2.45, 2.75) is 18.7 Å². The number of ether oxygens (including phenoxy) is 1. The highest BCUT2D eigenvalue weighted by Crippen LogP contribution is 2.20. The molecular formula is C22H30ClN3O4S. The molecule has 3 rings (SSSR count). The first-order valence-corrected chi connectivity index (χ1v) is 11.5. The molecule has 0 aromatic heterocycles. The van der Waals surface area contributed by atoms with E-state index in [1.165, 1.54) is 4.31 Å². The van der Waals surface area contributed by atoms with Gasteiger partial charge in [0.2, 0.25) is 10.0 Å². The number of hydrogen-bond acceptors (Lipinski definition) is 5. The molecule has 1 aliphatic rings. The Labute approximate surface area is 190 Å². The van der Waals surface area contributed by atoms with E-state index in [-0.39, 0.29) is 23.2 Å². The molecule has 0 bridgehead atoms. The number of nitrogens with zero attached hydrogens (tertiary/aromatic N) is 2. The topological polar surface area (TPSA) is 79.0 Å². The molecule has 7 nitrogen and oxygen atoms in total. The van der Waals surface area contributed by atoms with Crippen molar-refractivity contribution in [3.8, 4) is 5.75 Å². The summed E-state index contributed by atoms with van der Waals surface area (Å²) < 4.78 is 32.2. The molecule has 2 aromatic rings. The number of amides is 1. The molecule has 0 unspecified atom stereocenters. The van der Waals surface area contributed by atoms with E-state index < -0.39 is 10.0 Å². The van der Waals surface area contributed by atoms with Crippen molar-refractivity contribution in [1.82, 2.24) is 14.5 Å². The first-order valence-electron chi connectivity index (χ1n) is 10.0. The molecule has 1 amide bonds. The molecule has 0 saturated carbocycles. The quantitative estimate of drug-likeness (QED) is 0.676. The Morgan fingerprint density at radius 1 is 1.00 bits per heavy atom. The number of aryl methyl sites for hydroxylation is 2. The van der Waals surface area contributed by atoms with Gasteiger partial charge < -0.3 is 10.1 Å². The van der Waals surface area contributed by atoms with Gasteiger partial charge in [-0.15, -0.1) is 12.4 Å². The average Bonchev–Trinajstić information content (AvgIpc) is 2.73. The Kier molecular flexibility index (Phi) is 8.88. The number of rotatable bonds is 7. The standard InChI is InChI=1S/C22H29N3O4S.ClH/c1-17-14-18(2)16-19(15-17)22(26)23-8-9-24-10-12-25(13-11-24)30(27,28)21-6-4-20(29-3)5-7-21;/h4-7,14-16H,8-13H2,1-3H3,(H,23,26);1H. The highest BCUT2D eigenvalue weighted by molar-refractivity contribution is 7.89. The Bertz CT molecular complexity index is 968. The Morgan fingerprint density at radius 2 is 1.58 bits per heavy atom. The van der Waals surface area contributed by atoms with Crippen LogP contribution in [0.1, 0.15) is 21.5 Å². The van der Waals surface area contributed by atoms with Crippen LogP contribution in [0, 0.1) is 13.8 Å². The molecule has 0 spiro atoms. The smallest absolute Gasteiger partial charge is 0.251 e. The first kappa shape index (κ1) is 25.1. The third kappa shape index (κ3) is 6.43. The second kappa shape index (κ2) is 10.9. The Morgan fingerprint density at radius 3 is 2.13 bits per heavy atom. The molecule has 0 atom stereocenters. The second-order valence-electron chi connectivity index (χ2n) is 7.55. The van der Waals surface area contributed by atoms with E-state index in [4.69, 9.17) is 4.74 Å². The second-order valence-corrected chi connectivity index (χ2v) is 9.49. The molecule has 1 heterocycles. The van der Waals surface area contributed by atoms with Gasteiger partial charge in [0.25, 0.3) is 5.91 Å². The van der Waals surface area contributed by atoms with E-state index in [1.54, 1.807) is 31.4 Å². The van der Waals surface area contributed by atoms with Crippen LogP contribution in [0.25, 0.3) is 0 Å². The van der Waals surface area contributed by atoms with Crippen molar-refractivity contribution in [2.75, 3.05) is 46.4 Å². The number of carbonyl (C=O) groups is 1. The lowest BCUT2D eigenvalue weighted by Gasteiger charge is -2.34. The minimum absolute atomic E-state index is 0. The molecule has 170 valence electrons. The summed E-state index contributed by atoms with van der Waals surface area (Å²) in [5, 5.41) is 2.95. The molecular weight excluding hydrogens is 438 g/mol. The number of hydrogen-bond donors (Lipinski definition) is 1. The van der Waals surface area contributed by atoms with Gasteiger partial charge in [-0.2, -0.15) is 4.31 Å². The zero-order valence-corrected chi connectivity index (χ0v) is 19.8. The molecule has 9 heteroatoms. The number of nitrogens with one attached hydrogen (secondary N) is 1. The van der Waals surface area contributed by atoms with Crippen LogP contribution in [0.2, 0.25) is 0 Å². The van der Waals surface area contributed by atoms with Gasteiger partial charge in [0.1, 0.15) is 5.75 Å². The Hall–Kier alpha value is -2.13. The van der Waals surface area contributed by atoms with E-state index in [1.807, 2.05) is 32.0 Å². The lowest BCUT2D eigenvalue weighted by Crippen LogP contribution is -2.50. The fourth-order valence-corrected chi connectivity index (χ4v) is 5.05. The van der Waals surface area contributed by atoms with Crippen LogP contribution < -0.4 is 10.1 Å². The van der Waals surface area contributed by atoms with Gasteiger partial charge in [-0.25, -0.2) is 8.42 Å². The minimum Gasteiger partial charge on any atom is -0.497 e. The largest absolute Gasteiger partial charge is 0.497 e. The van der Waals surface area contributed by atoms with Gasteiger partial charge in [0.05, 0.1) is 12.0 Å². The summed E-state index contributed by atoms with van der Waals surface area (Å²) in [6, 6.07) is 12.3. The summed E-state index contributed by atoms with van der Waals surface area (Å²) in [6.45, 7) is 7.29. The SMILES string of the molecule is COc1ccc(S(=O)(=O)N2CCN(CCNC(=O)c3cc(C)cc(C)c3)CC2)cc1.Cl. The highest BCUT2D eigenvalue weighted by atomic mass is 35.5. The van der Waals surface area contributed by atoms with Gasteiger partial charge in [0.15, 0.2) is 0 Å². The van der Waals surface area contributed by atoms with Crippen molar-refractivity contribution < 1.29 is 17.9 Å². The summed E-state index contributed by atoms with van der Waals surface area (Å²) in [6.07, 6.45) is 0. The lowest BCUT2D eigenvalue weighted by molar-refractivity contribution is 0.0945. The van der Waals surface area contributed by atoms with Gasteiger partial charge in [-0.05, 0) is 50.2 Å². The van der Waals surface area contributed by atoms with Crippen LogP contribution in [-0.2, 0) is 10.0 Å². The fourth-order valence-electron chi connectivity index (χ4n) is 3.63. The van der Waals surface area contributed by atoms with Crippen LogP contribution in [0.3, 0.4) is 0 Å². The summed E-state index contributed by atoms with van der Waals surface area (Å²) >= 11 is 0. The molecule has 0 radical (unpaired) electrons. The molecule has 1 fully saturated rings. The normalized spacial score (nSPS) is 15.2. The van der Waals surface area contributed by atoms with Crippen LogP contribution in [0.4, 0.5) is 0 Å². The van der Waals surface area contributed by atoms with Crippen molar-refractivity contribution in [3.05, 3.63) is 59.2 Å². The number of benzene rings is 2. The van der Waals surface area contributed by atoms with Crippen LogP contribution in [0.15, 0.2) is 47.4 Å². The van der Waals surface area contributed by atoms with Crippen LogP contribution in [0.5, 0.6) is 5.75 Å². The highest BCUT2D eigenvalue weighted by Gasteiger charge is 2.28. The average molecular weight is 468 g/mol. The zero-order valence-electron chi connectivity index (χ0n) is 18.1. The molecule has 1 saturated heterocycles. The summed E-state index contributed by atoms with van der Waals surface area (Å²) in [5.41, 5.74) is 2.80. The predicted octanol–water partition coefficient (Wildman–Crippen LogP) is 2.47. The Balaban J connectivity index is 0.00000341. The van der Waals surface area contributed by atoms with Crippen molar-refractivity contribution in [3.63, 3.8) is 0 Å². The molecule has 0 aliphatic carbocycles. The first-order chi connectivity index (χ1) is 14.3. The van der Waals surface area contributed by atoms with E-state index in [0.29, 0.717) is 50.6 Å². The third-order valence-electron chi connectivity index (χ3n) is 5.23. The van der Waals surface area contributed by atoms with E-state index >= 15 is 0 Å². The molecule has 1 N–H and O–H groups in total. The number of methoxy groups -OCH3 is 1. The maximum absolute atomic E-state index is 12.8. The number of piperazine rings is 1. The molecule has 1 aliphatic heterocycles. The van der Waals surface area contributed by atoms with Crippen molar-refractivity contribution >= 4 is 28.3 Å². The minimum atomic E-state index is -3.51. The van der Waals surface area contributed by atoms with Gasteiger partial charge in [-0.3, -0.25) is 9.69 Å². The lowest BCUT2D eigenvalue weighted by atomic mass is 10.1. The number of halogens is 1. The molecule has 31 heavy (non-hydrogen) atoms. The number of sulfonamides is 1. The third-order valence-corrected chi connectivity index (χ3v) is 7.14. The predicted molar refractivity (Wildman–Crippen MR) is 124 cm³/mol. The monoisotopic (exact) mass is 467 g/mol. The summed E-state index contributed by atoms with van der Waals surface area (Å²) in [5.74, 6) is 0.546. The van der Waals surface area contributed by atoms with Crippen molar-refractivity contribution in [1.29, 1.82) is 0 Å². The molecule has 2 aromatic carbocycles. The summed E-state index contributed by atoms with van der Waals surface area (Å²) in [4.78, 5) is 14.8. The maximum Gasteiger partial charge on any atom is 0.251 e. The van der Waals surface area contributed by atoms with Crippen LogP contribution >= 0.6 is 12.4 Å². The van der Waals surface area contributed by atoms with Gasteiger partial charge in [-0.1, -0.05) is 17.2 Å². The number of carbonyl (C=O) groups excluding carboxylic acids is 1. The van der Waals surface area contributed by atoms with E-state index in [2.05, 4.69) is 10.2 Å². The fraction of sp³-hybridized carbons (Fsp3) is 0.409.